The van der Waals surface area contributed by atoms with Crippen LogP contribution in [-0.2, 0) is 13.6 Å². The molecule has 3 rings (SSSR count). The van der Waals surface area contributed by atoms with Gasteiger partial charge in [-0.05, 0) is 30.4 Å². The minimum atomic E-state index is 0.478. The fourth-order valence-corrected chi connectivity index (χ4v) is 3.62. The number of hydrogen-bond donors (Lipinski definition) is 2. The summed E-state index contributed by atoms with van der Waals surface area (Å²) in [5.74, 6) is 0.864. The molecule has 0 bridgehead atoms. The number of rotatable bonds is 4. The number of anilines is 1. The van der Waals surface area contributed by atoms with E-state index in [-0.39, 0.29) is 0 Å². The Labute approximate surface area is 141 Å². The fourth-order valence-electron chi connectivity index (χ4n) is 2.83. The minimum absolute atomic E-state index is 0.478. The summed E-state index contributed by atoms with van der Waals surface area (Å²) in [6.07, 6.45) is 6.15. The molecule has 1 saturated heterocycles. The topological polar surface area (TPSA) is 57.5 Å². The maximum Gasteiger partial charge on any atom is 0.191 e. The summed E-state index contributed by atoms with van der Waals surface area (Å²) in [5, 5.41) is 14.6. The lowest BCUT2D eigenvalue weighted by molar-refractivity contribution is 0.463. The van der Waals surface area contributed by atoms with E-state index in [9.17, 15) is 0 Å². The largest absolute Gasteiger partial charge is 0.363 e. The van der Waals surface area contributed by atoms with Crippen LogP contribution in [0.1, 0.15) is 18.4 Å². The Hall–Kier alpha value is -2.02. The summed E-state index contributed by atoms with van der Waals surface area (Å²) in [7, 11) is 3.75. The van der Waals surface area contributed by atoms with Crippen LogP contribution in [0, 0.1) is 0 Å². The van der Waals surface area contributed by atoms with Crippen molar-refractivity contribution >= 4 is 22.3 Å². The van der Waals surface area contributed by atoms with Gasteiger partial charge in [0.1, 0.15) is 0 Å². The van der Waals surface area contributed by atoms with Crippen molar-refractivity contribution in [2.45, 2.75) is 25.4 Å². The highest BCUT2D eigenvalue weighted by Gasteiger charge is 2.20. The molecule has 0 spiro atoms. The monoisotopic (exact) mass is 332 g/mol. The zero-order chi connectivity index (χ0) is 16.1. The summed E-state index contributed by atoms with van der Waals surface area (Å²) in [5.41, 5.74) is 1.16. The molecule has 2 aromatic rings. The van der Waals surface area contributed by atoms with Gasteiger partial charge in [-0.1, -0.05) is 0 Å². The molecular formula is C16H24N6S. The Morgan fingerprint density at radius 3 is 2.87 bits per heavy atom. The second-order valence-electron chi connectivity index (χ2n) is 5.80. The van der Waals surface area contributed by atoms with Crippen LogP contribution in [0.3, 0.4) is 0 Å². The first-order chi connectivity index (χ1) is 11.2. The smallest absolute Gasteiger partial charge is 0.191 e. The number of hydrogen-bond acceptors (Lipinski definition) is 4. The van der Waals surface area contributed by atoms with Gasteiger partial charge in [0, 0.05) is 51.5 Å². The first kappa shape index (κ1) is 15.9. The highest BCUT2D eigenvalue weighted by atomic mass is 32.1. The quantitative estimate of drug-likeness (QED) is 0.662. The lowest BCUT2D eigenvalue weighted by Crippen LogP contribution is -2.48. The van der Waals surface area contributed by atoms with Crippen LogP contribution in [0.25, 0.3) is 0 Å². The van der Waals surface area contributed by atoms with E-state index in [1.54, 1.807) is 0 Å². The third-order valence-corrected chi connectivity index (χ3v) is 5.02. The second kappa shape index (κ2) is 7.50. The van der Waals surface area contributed by atoms with Gasteiger partial charge >= 0.3 is 0 Å². The third-order valence-electron chi connectivity index (χ3n) is 4.10. The third kappa shape index (κ3) is 4.25. The minimum Gasteiger partial charge on any atom is -0.363 e. The molecule has 2 N–H and O–H groups in total. The van der Waals surface area contributed by atoms with Gasteiger partial charge in [-0.2, -0.15) is 5.10 Å². The van der Waals surface area contributed by atoms with Gasteiger partial charge in [-0.15, -0.1) is 11.3 Å². The molecule has 0 aliphatic carbocycles. The van der Waals surface area contributed by atoms with Crippen molar-refractivity contribution in [1.82, 2.24) is 20.4 Å². The van der Waals surface area contributed by atoms with Gasteiger partial charge in [0.2, 0.25) is 0 Å². The molecule has 0 amide bonds. The maximum absolute atomic E-state index is 4.33. The average molecular weight is 332 g/mol. The Balaban J connectivity index is 1.45. The van der Waals surface area contributed by atoms with Gasteiger partial charge < -0.3 is 15.5 Å². The van der Waals surface area contributed by atoms with Crippen LogP contribution in [0.2, 0.25) is 0 Å². The summed E-state index contributed by atoms with van der Waals surface area (Å²) in [6, 6.07) is 4.80. The molecule has 0 unspecified atom stereocenters. The molecule has 3 heterocycles. The molecule has 7 heteroatoms. The van der Waals surface area contributed by atoms with E-state index in [1.807, 2.05) is 42.5 Å². The zero-order valence-corrected chi connectivity index (χ0v) is 14.5. The van der Waals surface area contributed by atoms with E-state index < -0.39 is 0 Å². The lowest BCUT2D eigenvalue weighted by Gasteiger charge is -2.33. The van der Waals surface area contributed by atoms with Gasteiger partial charge in [-0.3, -0.25) is 9.67 Å². The molecule has 6 nitrogen and oxygen atoms in total. The predicted molar refractivity (Wildman–Crippen MR) is 96.1 cm³/mol. The predicted octanol–water partition coefficient (Wildman–Crippen LogP) is 1.82. The maximum atomic E-state index is 4.33. The van der Waals surface area contributed by atoms with Crippen molar-refractivity contribution in [2.24, 2.45) is 12.0 Å². The lowest BCUT2D eigenvalue weighted by atomic mass is 10.1. The van der Waals surface area contributed by atoms with Crippen molar-refractivity contribution in [3.8, 4) is 0 Å². The van der Waals surface area contributed by atoms with Crippen LogP contribution in [0.5, 0.6) is 0 Å². The summed E-state index contributed by atoms with van der Waals surface area (Å²) >= 11 is 1.82. The van der Waals surface area contributed by atoms with E-state index in [2.05, 4.69) is 43.1 Å². The highest BCUT2D eigenvalue weighted by Crippen LogP contribution is 2.24. The Morgan fingerprint density at radius 1 is 1.43 bits per heavy atom. The van der Waals surface area contributed by atoms with E-state index in [0.717, 1.165) is 44.0 Å². The van der Waals surface area contributed by atoms with Crippen LogP contribution in [0.15, 0.2) is 34.9 Å². The first-order valence-corrected chi connectivity index (χ1v) is 8.85. The molecule has 1 aliphatic rings. The van der Waals surface area contributed by atoms with Crippen molar-refractivity contribution < 1.29 is 0 Å². The summed E-state index contributed by atoms with van der Waals surface area (Å²) in [4.78, 5) is 6.80. The molecule has 0 atom stereocenters. The van der Waals surface area contributed by atoms with Crippen molar-refractivity contribution in [3.63, 3.8) is 0 Å². The number of aromatic nitrogens is 2. The van der Waals surface area contributed by atoms with Gasteiger partial charge in [-0.25, -0.2) is 0 Å². The van der Waals surface area contributed by atoms with Gasteiger partial charge in [0.25, 0.3) is 0 Å². The fraction of sp³-hybridized carbons (Fsp3) is 0.500. The number of guanidine groups is 1. The molecule has 124 valence electrons. The van der Waals surface area contributed by atoms with Crippen molar-refractivity contribution in [2.75, 3.05) is 25.0 Å². The number of nitrogens with zero attached hydrogens (tertiary/aromatic N) is 4. The summed E-state index contributed by atoms with van der Waals surface area (Å²) < 4.78 is 1.81. The van der Waals surface area contributed by atoms with Crippen molar-refractivity contribution in [3.05, 3.63) is 35.5 Å². The van der Waals surface area contributed by atoms with E-state index >= 15 is 0 Å². The number of piperidine rings is 1. The molecule has 1 aliphatic heterocycles. The van der Waals surface area contributed by atoms with Crippen LogP contribution in [-0.4, -0.2) is 41.9 Å². The zero-order valence-electron chi connectivity index (χ0n) is 13.7. The molecule has 23 heavy (non-hydrogen) atoms. The van der Waals surface area contributed by atoms with Gasteiger partial charge in [0.05, 0.1) is 11.2 Å². The molecule has 0 aromatic carbocycles. The average Bonchev–Trinajstić information content (AvgIpc) is 3.24. The van der Waals surface area contributed by atoms with Crippen LogP contribution >= 0.6 is 11.3 Å². The number of aryl methyl sites for hydroxylation is 1. The number of aliphatic imine (C=N–C) groups is 1. The molecule has 0 radical (unpaired) electrons. The molecular weight excluding hydrogens is 308 g/mol. The SMILES string of the molecule is CN=C(NCc1cnn(C)c1)NC1CCN(c2cccs2)CC1. The van der Waals surface area contributed by atoms with E-state index in [4.69, 9.17) is 0 Å². The van der Waals surface area contributed by atoms with Crippen molar-refractivity contribution in [1.29, 1.82) is 0 Å². The van der Waals surface area contributed by atoms with Crippen LogP contribution in [0.4, 0.5) is 5.00 Å². The Bertz CT molecular complexity index is 625. The highest BCUT2D eigenvalue weighted by molar-refractivity contribution is 7.14. The molecule has 1 fully saturated rings. The Morgan fingerprint density at radius 2 is 2.26 bits per heavy atom. The van der Waals surface area contributed by atoms with Gasteiger partial charge in [0.15, 0.2) is 5.96 Å². The van der Waals surface area contributed by atoms with E-state index in [1.165, 1.54) is 5.00 Å². The normalized spacial score (nSPS) is 16.6. The second-order valence-corrected chi connectivity index (χ2v) is 6.73. The molecule has 2 aromatic heterocycles. The number of nitrogens with one attached hydrogen (secondary N) is 2. The Kier molecular flexibility index (Phi) is 5.17. The first-order valence-electron chi connectivity index (χ1n) is 7.98. The van der Waals surface area contributed by atoms with E-state index in [0.29, 0.717) is 6.04 Å². The standard InChI is InChI=1S/C16H24N6S/c1-17-16(18-10-13-11-19-21(2)12-13)20-14-5-7-22(8-6-14)15-4-3-9-23-15/h3-4,9,11-12,14H,5-8,10H2,1-2H3,(H2,17,18,20). The number of thiophene rings is 1. The molecule has 0 saturated carbocycles. The van der Waals surface area contributed by atoms with Crippen LogP contribution < -0.4 is 15.5 Å². The summed E-state index contributed by atoms with van der Waals surface area (Å²) in [6.45, 7) is 2.93.